The van der Waals surface area contributed by atoms with Gasteiger partial charge in [-0.25, -0.2) is 4.85 Å². The molecule has 0 saturated carbocycles. The van der Waals surface area contributed by atoms with Crippen molar-refractivity contribution in [1.29, 1.82) is 0 Å². The first kappa shape index (κ1) is 16.8. The van der Waals surface area contributed by atoms with Gasteiger partial charge in [-0.2, -0.15) is 5.10 Å². The Balaban J connectivity index is 2.03. The van der Waals surface area contributed by atoms with Crippen molar-refractivity contribution in [2.24, 2.45) is 5.41 Å². The Morgan fingerprint density at radius 1 is 1.23 bits per heavy atom. The van der Waals surface area contributed by atoms with E-state index < -0.39 is 5.41 Å². The lowest BCUT2D eigenvalue weighted by atomic mass is 9.58. The van der Waals surface area contributed by atoms with E-state index in [0.29, 0.717) is 12.1 Å². The molecule has 0 spiro atoms. The standard InChI is InChI=1S/C22H23N3O/c1-13-19-17(25-24-13)9-14-11-21(2,3)12-18(26)20(14)22(19,4)15-7-6-8-16(10-15)23-5/h6-8,10H,9,11-12H2,1-4H3,(H,24,25)/t22-/m1/s1. The van der Waals surface area contributed by atoms with Crippen LogP contribution < -0.4 is 0 Å². The van der Waals surface area contributed by atoms with Gasteiger partial charge in [0.1, 0.15) is 0 Å². The van der Waals surface area contributed by atoms with Crippen molar-refractivity contribution in [2.75, 3.05) is 0 Å². The van der Waals surface area contributed by atoms with Crippen molar-refractivity contribution in [3.8, 4) is 0 Å². The van der Waals surface area contributed by atoms with Crippen molar-refractivity contribution in [1.82, 2.24) is 10.2 Å². The number of hydrogen-bond acceptors (Lipinski definition) is 2. The zero-order chi connectivity index (χ0) is 18.7. The van der Waals surface area contributed by atoms with E-state index >= 15 is 0 Å². The van der Waals surface area contributed by atoms with Crippen LogP contribution in [0.3, 0.4) is 0 Å². The highest BCUT2D eigenvalue weighted by Crippen LogP contribution is 2.52. The molecular weight excluding hydrogens is 322 g/mol. The van der Waals surface area contributed by atoms with Gasteiger partial charge in [-0.1, -0.05) is 43.7 Å². The molecule has 4 heteroatoms. The van der Waals surface area contributed by atoms with Crippen molar-refractivity contribution < 1.29 is 4.79 Å². The van der Waals surface area contributed by atoms with Gasteiger partial charge in [-0.05, 0) is 31.2 Å². The number of benzene rings is 1. The van der Waals surface area contributed by atoms with E-state index in [4.69, 9.17) is 6.57 Å². The lowest BCUT2D eigenvalue weighted by Gasteiger charge is -2.43. The summed E-state index contributed by atoms with van der Waals surface area (Å²) in [4.78, 5) is 16.9. The van der Waals surface area contributed by atoms with Crippen molar-refractivity contribution >= 4 is 11.5 Å². The third kappa shape index (κ3) is 2.27. The Morgan fingerprint density at radius 2 is 2.00 bits per heavy atom. The van der Waals surface area contributed by atoms with E-state index in [2.05, 4.69) is 35.8 Å². The molecule has 0 unspecified atom stereocenters. The molecule has 2 aliphatic rings. The number of ketones is 1. The van der Waals surface area contributed by atoms with Crippen LogP contribution in [0.1, 0.15) is 56.1 Å². The minimum atomic E-state index is -0.561. The number of fused-ring (bicyclic) bond motifs is 1. The molecule has 2 aliphatic carbocycles. The molecule has 2 aromatic rings. The normalized spacial score (nSPS) is 24.0. The molecule has 1 N–H and O–H groups in total. The van der Waals surface area contributed by atoms with Crippen LogP contribution in [0.2, 0.25) is 0 Å². The zero-order valence-electron chi connectivity index (χ0n) is 15.7. The molecule has 132 valence electrons. The van der Waals surface area contributed by atoms with Crippen LogP contribution in [0.5, 0.6) is 0 Å². The molecule has 0 aliphatic heterocycles. The molecule has 1 heterocycles. The smallest absolute Gasteiger partial charge is 0.187 e. The molecule has 4 rings (SSSR count). The van der Waals surface area contributed by atoms with Gasteiger partial charge in [0, 0.05) is 35.1 Å². The van der Waals surface area contributed by atoms with E-state index in [1.165, 1.54) is 5.57 Å². The van der Waals surface area contributed by atoms with E-state index in [1.807, 2.05) is 31.2 Å². The average Bonchev–Trinajstić information content (AvgIpc) is 2.94. The quantitative estimate of drug-likeness (QED) is 0.754. The van der Waals surface area contributed by atoms with Crippen LogP contribution >= 0.6 is 0 Å². The SMILES string of the molecule is [C-]#[N+]c1cccc([C@@]2(C)C3=C(Cc4n[nH]c(C)c42)CC(C)(C)CC3=O)c1. The summed E-state index contributed by atoms with van der Waals surface area (Å²) in [6.45, 7) is 15.9. The third-order valence-electron chi connectivity index (χ3n) is 5.92. The first-order chi connectivity index (χ1) is 12.3. The number of rotatable bonds is 1. The Labute approximate surface area is 154 Å². The van der Waals surface area contributed by atoms with Crippen LogP contribution in [0.25, 0.3) is 4.85 Å². The highest BCUT2D eigenvalue weighted by Gasteiger charge is 2.48. The van der Waals surface area contributed by atoms with Gasteiger partial charge in [0.2, 0.25) is 0 Å². The van der Waals surface area contributed by atoms with Crippen LogP contribution in [0, 0.1) is 18.9 Å². The maximum atomic E-state index is 13.3. The molecular formula is C22H23N3O. The molecule has 1 atom stereocenters. The van der Waals surface area contributed by atoms with Crippen molar-refractivity contribution in [2.45, 2.75) is 52.4 Å². The monoisotopic (exact) mass is 345 g/mol. The van der Waals surface area contributed by atoms with Gasteiger partial charge in [0.05, 0.1) is 12.3 Å². The van der Waals surface area contributed by atoms with E-state index in [0.717, 1.165) is 40.9 Å². The number of nitrogens with zero attached hydrogens (tertiary/aromatic N) is 2. The Bertz CT molecular complexity index is 1000. The Morgan fingerprint density at radius 3 is 2.73 bits per heavy atom. The molecule has 4 nitrogen and oxygen atoms in total. The Hall–Kier alpha value is -2.67. The summed E-state index contributed by atoms with van der Waals surface area (Å²) in [5.41, 5.74) is 6.29. The number of carbonyl (C=O) groups is 1. The third-order valence-corrected chi connectivity index (χ3v) is 5.92. The summed E-state index contributed by atoms with van der Waals surface area (Å²) in [7, 11) is 0. The predicted molar refractivity (Wildman–Crippen MR) is 101 cm³/mol. The zero-order valence-corrected chi connectivity index (χ0v) is 15.7. The second-order valence-corrected chi connectivity index (χ2v) is 8.55. The van der Waals surface area contributed by atoms with Gasteiger partial charge in [0.15, 0.2) is 11.5 Å². The fourth-order valence-corrected chi connectivity index (χ4v) is 5.01. The van der Waals surface area contributed by atoms with Crippen LogP contribution in [-0.4, -0.2) is 16.0 Å². The van der Waals surface area contributed by atoms with Crippen LogP contribution in [0.15, 0.2) is 35.4 Å². The first-order valence-electron chi connectivity index (χ1n) is 9.04. The summed E-state index contributed by atoms with van der Waals surface area (Å²) in [5.74, 6) is 0.234. The summed E-state index contributed by atoms with van der Waals surface area (Å²) >= 11 is 0. The fourth-order valence-electron chi connectivity index (χ4n) is 5.01. The minimum Gasteiger partial charge on any atom is -0.294 e. The number of hydrogen-bond donors (Lipinski definition) is 1. The molecule has 1 aromatic carbocycles. The van der Waals surface area contributed by atoms with Gasteiger partial charge < -0.3 is 0 Å². The highest BCUT2D eigenvalue weighted by atomic mass is 16.1. The molecule has 0 fully saturated rings. The van der Waals surface area contributed by atoms with Crippen molar-refractivity contribution in [3.05, 3.63) is 69.3 Å². The van der Waals surface area contributed by atoms with Crippen LogP contribution in [-0.2, 0) is 16.6 Å². The van der Waals surface area contributed by atoms with E-state index in [9.17, 15) is 4.79 Å². The fraction of sp³-hybridized carbons (Fsp3) is 0.409. The summed E-state index contributed by atoms with van der Waals surface area (Å²) in [5, 5.41) is 7.68. The second kappa shape index (κ2) is 5.41. The maximum Gasteiger partial charge on any atom is 0.187 e. The topological polar surface area (TPSA) is 50.1 Å². The molecule has 0 bridgehead atoms. The number of Topliss-reactive ketones (excluding diaryl/α,β-unsaturated/α-hetero) is 1. The van der Waals surface area contributed by atoms with Gasteiger partial charge in [-0.15, -0.1) is 0 Å². The molecule has 0 amide bonds. The number of carbonyl (C=O) groups excluding carboxylic acids is 1. The number of H-pyrrole nitrogens is 1. The number of allylic oxidation sites excluding steroid dienone is 2. The molecule has 26 heavy (non-hydrogen) atoms. The number of nitrogens with one attached hydrogen (secondary N) is 1. The number of aromatic nitrogens is 2. The minimum absolute atomic E-state index is 0.0158. The average molecular weight is 345 g/mol. The van der Waals surface area contributed by atoms with E-state index in [-0.39, 0.29) is 11.2 Å². The Kier molecular flexibility index (Phi) is 3.49. The van der Waals surface area contributed by atoms with Gasteiger partial charge >= 0.3 is 0 Å². The predicted octanol–water partition coefficient (Wildman–Crippen LogP) is 4.82. The highest BCUT2D eigenvalue weighted by molar-refractivity contribution is 6.01. The largest absolute Gasteiger partial charge is 0.294 e. The maximum absolute atomic E-state index is 13.3. The molecule has 1 aromatic heterocycles. The summed E-state index contributed by atoms with van der Waals surface area (Å²) in [6.07, 6.45) is 2.22. The first-order valence-corrected chi connectivity index (χ1v) is 9.04. The van der Waals surface area contributed by atoms with Crippen LogP contribution in [0.4, 0.5) is 5.69 Å². The van der Waals surface area contributed by atoms with Crippen molar-refractivity contribution in [3.63, 3.8) is 0 Å². The second-order valence-electron chi connectivity index (χ2n) is 8.55. The number of aromatic amines is 1. The molecule has 0 radical (unpaired) electrons. The lowest BCUT2D eigenvalue weighted by Crippen LogP contribution is -2.41. The summed E-state index contributed by atoms with van der Waals surface area (Å²) < 4.78 is 0. The number of aryl methyl sites for hydroxylation is 1. The summed E-state index contributed by atoms with van der Waals surface area (Å²) in [6, 6.07) is 7.68. The van der Waals surface area contributed by atoms with E-state index in [1.54, 1.807) is 0 Å². The molecule has 0 saturated heterocycles. The van der Waals surface area contributed by atoms with Gasteiger partial charge in [-0.3, -0.25) is 9.89 Å². The van der Waals surface area contributed by atoms with Gasteiger partial charge in [0.25, 0.3) is 0 Å². The lowest BCUT2D eigenvalue weighted by molar-refractivity contribution is -0.118.